The molecule has 1 atom stereocenters. The molecule has 2 aromatic rings. The summed E-state index contributed by atoms with van der Waals surface area (Å²) in [5, 5.41) is 11.0. The normalized spacial score (nSPS) is 21.3. The number of nitrogens with zero attached hydrogens (tertiary/aromatic N) is 3. The minimum Gasteiger partial charge on any atom is -0.311 e. The van der Waals surface area contributed by atoms with Gasteiger partial charge < -0.3 is 4.90 Å². The number of thiophene rings is 1. The van der Waals surface area contributed by atoms with Crippen molar-refractivity contribution >= 4 is 22.9 Å². The summed E-state index contributed by atoms with van der Waals surface area (Å²) >= 11 is 1.82. The number of hydrogen-bond donors (Lipinski definition) is 0. The predicted molar refractivity (Wildman–Crippen MR) is 90.3 cm³/mol. The number of rotatable bonds is 2. The minimum absolute atomic E-state index is 0.0151. The summed E-state index contributed by atoms with van der Waals surface area (Å²) in [5.74, 6) is 0.188. The van der Waals surface area contributed by atoms with E-state index in [1.165, 1.54) is 10.4 Å². The molecule has 0 radical (unpaired) electrons. The average molecular weight is 323 g/mol. The Morgan fingerprint density at radius 1 is 1.17 bits per heavy atom. The molecule has 0 saturated carbocycles. The summed E-state index contributed by atoms with van der Waals surface area (Å²) in [6, 6.07) is 11.6. The van der Waals surface area contributed by atoms with Gasteiger partial charge in [0.2, 0.25) is 5.91 Å². The van der Waals surface area contributed by atoms with Crippen LogP contribution in [0.4, 0.5) is 5.69 Å². The molecule has 1 fully saturated rings. The third-order valence-corrected chi connectivity index (χ3v) is 5.79. The Hall–Kier alpha value is -2.16. The van der Waals surface area contributed by atoms with Crippen LogP contribution in [0, 0.1) is 11.3 Å². The molecule has 4 rings (SSSR count). The van der Waals surface area contributed by atoms with Crippen LogP contribution in [0.1, 0.15) is 22.4 Å². The van der Waals surface area contributed by atoms with E-state index < -0.39 is 0 Å². The summed E-state index contributed by atoms with van der Waals surface area (Å²) in [5.41, 5.74) is 2.90. The number of amides is 1. The molecular weight excluding hydrogens is 306 g/mol. The number of anilines is 1. The van der Waals surface area contributed by atoms with E-state index in [2.05, 4.69) is 22.4 Å². The molecule has 4 nitrogen and oxygen atoms in total. The molecule has 1 saturated heterocycles. The van der Waals surface area contributed by atoms with Gasteiger partial charge in [-0.3, -0.25) is 9.69 Å². The molecule has 116 valence electrons. The third kappa shape index (κ3) is 2.54. The number of benzene rings is 1. The lowest BCUT2D eigenvalue weighted by Gasteiger charge is -2.31. The van der Waals surface area contributed by atoms with Crippen LogP contribution in [0.5, 0.6) is 0 Å². The van der Waals surface area contributed by atoms with Crippen LogP contribution < -0.4 is 4.90 Å². The molecule has 1 amide bonds. The van der Waals surface area contributed by atoms with Gasteiger partial charge in [-0.05, 0) is 54.1 Å². The smallest absolute Gasteiger partial charge is 0.244 e. The average Bonchev–Trinajstić information content (AvgIpc) is 3.20. The second-order valence-corrected chi connectivity index (χ2v) is 7.04. The molecule has 5 heteroatoms. The maximum Gasteiger partial charge on any atom is 0.244 e. The summed E-state index contributed by atoms with van der Waals surface area (Å²) in [4.78, 5) is 18.5. The molecule has 0 aliphatic carbocycles. The zero-order chi connectivity index (χ0) is 15.8. The molecule has 0 bridgehead atoms. The van der Waals surface area contributed by atoms with E-state index in [0.29, 0.717) is 5.56 Å². The van der Waals surface area contributed by atoms with Crippen LogP contribution in [0.15, 0.2) is 35.7 Å². The Morgan fingerprint density at radius 3 is 2.78 bits per heavy atom. The van der Waals surface area contributed by atoms with Crippen molar-refractivity contribution in [3.8, 4) is 6.07 Å². The minimum atomic E-state index is -0.0151. The molecule has 23 heavy (non-hydrogen) atoms. The van der Waals surface area contributed by atoms with Crippen molar-refractivity contribution in [1.82, 2.24) is 4.90 Å². The molecule has 1 aromatic carbocycles. The van der Waals surface area contributed by atoms with Gasteiger partial charge in [-0.1, -0.05) is 0 Å². The summed E-state index contributed by atoms with van der Waals surface area (Å²) < 4.78 is 0. The highest BCUT2D eigenvalue weighted by atomic mass is 32.1. The Labute approximate surface area is 139 Å². The largest absolute Gasteiger partial charge is 0.311 e. The van der Waals surface area contributed by atoms with Gasteiger partial charge in [-0.25, -0.2) is 0 Å². The fourth-order valence-corrected chi connectivity index (χ4v) is 4.40. The molecule has 1 aromatic heterocycles. The SMILES string of the molecule is N#Cc1ccc(N2CCC(N3CCc4sccc4C3)C2=O)cc1. The van der Waals surface area contributed by atoms with Crippen molar-refractivity contribution in [2.75, 3.05) is 18.0 Å². The van der Waals surface area contributed by atoms with E-state index in [0.717, 1.165) is 38.2 Å². The Balaban J connectivity index is 1.50. The van der Waals surface area contributed by atoms with E-state index in [1.807, 2.05) is 28.4 Å². The van der Waals surface area contributed by atoms with Crippen LogP contribution in [-0.4, -0.2) is 29.9 Å². The van der Waals surface area contributed by atoms with Gasteiger partial charge in [0, 0.05) is 30.2 Å². The van der Waals surface area contributed by atoms with Gasteiger partial charge in [0.1, 0.15) is 0 Å². The van der Waals surface area contributed by atoms with Crippen molar-refractivity contribution < 1.29 is 4.79 Å². The third-order valence-electron chi connectivity index (χ3n) is 4.76. The molecule has 1 unspecified atom stereocenters. The number of nitriles is 1. The second kappa shape index (κ2) is 5.80. The number of fused-ring (bicyclic) bond motifs is 1. The van der Waals surface area contributed by atoms with E-state index in [-0.39, 0.29) is 11.9 Å². The first-order chi connectivity index (χ1) is 11.3. The van der Waals surface area contributed by atoms with Crippen molar-refractivity contribution in [1.29, 1.82) is 5.26 Å². The van der Waals surface area contributed by atoms with Crippen molar-refractivity contribution in [3.05, 3.63) is 51.7 Å². The van der Waals surface area contributed by atoms with E-state index in [1.54, 1.807) is 12.1 Å². The fourth-order valence-electron chi connectivity index (χ4n) is 3.51. The topological polar surface area (TPSA) is 47.3 Å². The second-order valence-electron chi connectivity index (χ2n) is 6.04. The Morgan fingerprint density at radius 2 is 2.00 bits per heavy atom. The lowest BCUT2D eigenvalue weighted by molar-refractivity contribution is -0.121. The van der Waals surface area contributed by atoms with Crippen molar-refractivity contribution in [2.24, 2.45) is 0 Å². The van der Waals surface area contributed by atoms with E-state index in [9.17, 15) is 4.79 Å². The fraction of sp³-hybridized carbons (Fsp3) is 0.333. The lowest BCUT2D eigenvalue weighted by Crippen LogP contribution is -2.44. The number of carbonyl (C=O) groups excluding carboxylic acids is 1. The van der Waals surface area contributed by atoms with Crippen molar-refractivity contribution in [3.63, 3.8) is 0 Å². The zero-order valence-electron chi connectivity index (χ0n) is 12.7. The quantitative estimate of drug-likeness (QED) is 0.854. The summed E-state index contributed by atoms with van der Waals surface area (Å²) in [6.45, 7) is 2.60. The highest BCUT2D eigenvalue weighted by Gasteiger charge is 2.37. The van der Waals surface area contributed by atoms with E-state index >= 15 is 0 Å². The van der Waals surface area contributed by atoms with Crippen molar-refractivity contribution in [2.45, 2.75) is 25.4 Å². The standard InChI is InChI=1S/C18H17N3OS/c19-11-13-1-3-15(4-2-13)21-9-5-16(18(21)22)20-8-6-17-14(12-20)7-10-23-17/h1-4,7,10,16H,5-6,8-9,12H2. The lowest BCUT2D eigenvalue weighted by atomic mass is 10.1. The van der Waals surface area contributed by atoms with Crippen LogP contribution in [0.25, 0.3) is 0 Å². The van der Waals surface area contributed by atoms with Crippen LogP contribution >= 0.6 is 11.3 Å². The maximum absolute atomic E-state index is 12.8. The van der Waals surface area contributed by atoms with Gasteiger partial charge in [-0.15, -0.1) is 11.3 Å². The van der Waals surface area contributed by atoms with Crippen LogP contribution in [0.2, 0.25) is 0 Å². The summed E-state index contributed by atoms with van der Waals surface area (Å²) in [7, 11) is 0. The predicted octanol–water partition coefficient (Wildman–Crippen LogP) is 2.78. The van der Waals surface area contributed by atoms with Gasteiger partial charge >= 0.3 is 0 Å². The highest BCUT2D eigenvalue weighted by molar-refractivity contribution is 7.10. The van der Waals surface area contributed by atoms with Gasteiger partial charge in [0.05, 0.1) is 17.7 Å². The monoisotopic (exact) mass is 323 g/mol. The van der Waals surface area contributed by atoms with Gasteiger partial charge in [0.25, 0.3) is 0 Å². The van der Waals surface area contributed by atoms with Gasteiger partial charge in [-0.2, -0.15) is 5.26 Å². The first-order valence-electron chi connectivity index (χ1n) is 7.87. The Kier molecular flexibility index (Phi) is 3.64. The molecule has 0 N–H and O–H groups in total. The number of carbonyl (C=O) groups is 1. The molecular formula is C18H17N3OS. The van der Waals surface area contributed by atoms with Crippen LogP contribution in [-0.2, 0) is 17.8 Å². The zero-order valence-corrected chi connectivity index (χ0v) is 13.6. The Bertz CT molecular complexity index is 774. The summed E-state index contributed by atoms with van der Waals surface area (Å²) in [6.07, 6.45) is 1.92. The molecule has 2 aliphatic rings. The van der Waals surface area contributed by atoms with E-state index in [4.69, 9.17) is 5.26 Å². The molecule has 3 heterocycles. The highest BCUT2D eigenvalue weighted by Crippen LogP contribution is 2.30. The van der Waals surface area contributed by atoms with Gasteiger partial charge in [0.15, 0.2) is 0 Å². The maximum atomic E-state index is 12.8. The first-order valence-corrected chi connectivity index (χ1v) is 8.75. The number of hydrogen-bond acceptors (Lipinski definition) is 4. The van der Waals surface area contributed by atoms with Crippen LogP contribution in [0.3, 0.4) is 0 Å². The molecule has 0 spiro atoms. The first kappa shape index (κ1) is 14.4. The molecule has 2 aliphatic heterocycles.